The summed E-state index contributed by atoms with van der Waals surface area (Å²) in [5.41, 5.74) is 0.294. The molecule has 1 heterocycles. The molecule has 0 aliphatic heterocycles. The van der Waals surface area contributed by atoms with Crippen molar-refractivity contribution in [2.45, 2.75) is 11.4 Å². The van der Waals surface area contributed by atoms with Crippen molar-refractivity contribution in [2.75, 3.05) is 7.05 Å². The molecule has 0 aliphatic carbocycles. The molecule has 1 N–H and O–H groups in total. The van der Waals surface area contributed by atoms with Gasteiger partial charge in [0.2, 0.25) is 10.0 Å². The first-order valence-corrected chi connectivity index (χ1v) is 7.26. The predicted octanol–water partition coefficient (Wildman–Crippen LogP) is 1.94. The van der Waals surface area contributed by atoms with Crippen LogP contribution in [0.5, 0.6) is 0 Å². The van der Waals surface area contributed by atoms with Gasteiger partial charge >= 0.3 is 5.97 Å². The molecule has 112 valence electrons. The van der Waals surface area contributed by atoms with Crippen LogP contribution < -0.4 is 0 Å². The Hall–Kier alpha value is -2.19. The average Bonchev–Trinajstić information content (AvgIpc) is 2.91. The summed E-state index contributed by atoms with van der Waals surface area (Å²) in [5, 5.41) is 8.87. The van der Waals surface area contributed by atoms with E-state index in [2.05, 4.69) is 0 Å². The molecule has 2 rings (SSSR count). The topological polar surface area (TPSA) is 87.8 Å². The van der Waals surface area contributed by atoms with Crippen LogP contribution in [0.25, 0.3) is 0 Å². The Bertz CT molecular complexity index is 755. The molecule has 1 aromatic carbocycles. The summed E-state index contributed by atoms with van der Waals surface area (Å²) in [5.74, 6) is -2.33. The predicted molar refractivity (Wildman–Crippen MR) is 70.7 cm³/mol. The van der Waals surface area contributed by atoms with Crippen LogP contribution in [0.3, 0.4) is 0 Å². The number of nitrogens with zero attached hydrogens (tertiary/aromatic N) is 1. The first kappa shape index (κ1) is 15.2. The van der Waals surface area contributed by atoms with Crippen molar-refractivity contribution in [1.82, 2.24) is 4.31 Å². The Morgan fingerprint density at radius 3 is 2.67 bits per heavy atom. The average molecular weight is 313 g/mol. The number of carboxylic acids is 1. The molecule has 8 heteroatoms. The zero-order valence-corrected chi connectivity index (χ0v) is 11.8. The lowest BCUT2D eigenvalue weighted by Gasteiger charge is -2.17. The molecule has 6 nitrogen and oxygen atoms in total. The lowest BCUT2D eigenvalue weighted by Crippen LogP contribution is -2.27. The van der Waals surface area contributed by atoms with Gasteiger partial charge in [-0.1, -0.05) is 0 Å². The normalized spacial score (nSPS) is 11.8. The summed E-state index contributed by atoms with van der Waals surface area (Å²) in [6, 6.07) is 4.21. The van der Waals surface area contributed by atoms with Gasteiger partial charge in [-0.3, -0.25) is 0 Å². The van der Waals surface area contributed by atoms with Gasteiger partial charge in [-0.25, -0.2) is 17.6 Å². The van der Waals surface area contributed by atoms with Gasteiger partial charge in [0, 0.05) is 19.2 Å². The fraction of sp³-hybridized carbons (Fsp3) is 0.154. The molecular formula is C13H12FNO5S. The van der Waals surface area contributed by atoms with E-state index in [0.717, 1.165) is 22.5 Å². The monoisotopic (exact) mass is 313 g/mol. The van der Waals surface area contributed by atoms with E-state index < -0.39 is 26.7 Å². The third-order valence-electron chi connectivity index (χ3n) is 2.85. The van der Waals surface area contributed by atoms with E-state index in [1.165, 1.54) is 19.6 Å². The fourth-order valence-corrected chi connectivity index (χ4v) is 2.97. The highest BCUT2D eigenvalue weighted by atomic mass is 32.2. The van der Waals surface area contributed by atoms with Gasteiger partial charge in [0.25, 0.3) is 0 Å². The van der Waals surface area contributed by atoms with Gasteiger partial charge in [0.05, 0.1) is 18.1 Å². The van der Waals surface area contributed by atoms with E-state index in [4.69, 9.17) is 9.52 Å². The van der Waals surface area contributed by atoms with Crippen molar-refractivity contribution < 1.29 is 27.1 Å². The molecule has 0 unspecified atom stereocenters. The molecule has 0 radical (unpaired) electrons. The number of halogens is 1. The number of carboxylic acid groups (broad SMARTS) is 1. The van der Waals surface area contributed by atoms with Crippen molar-refractivity contribution in [2.24, 2.45) is 0 Å². The first-order chi connectivity index (χ1) is 9.82. The molecule has 0 fully saturated rings. The number of hydrogen-bond acceptors (Lipinski definition) is 4. The smallest absolute Gasteiger partial charge is 0.335 e. The number of carbonyl (C=O) groups is 1. The number of rotatable bonds is 5. The number of sulfonamides is 1. The van der Waals surface area contributed by atoms with Crippen LogP contribution in [0.2, 0.25) is 0 Å². The van der Waals surface area contributed by atoms with Gasteiger partial charge < -0.3 is 9.52 Å². The van der Waals surface area contributed by atoms with Crippen LogP contribution in [0.1, 0.15) is 15.9 Å². The molecule has 0 aliphatic rings. The minimum Gasteiger partial charge on any atom is -0.478 e. The molecule has 0 spiro atoms. The van der Waals surface area contributed by atoms with Gasteiger partial charge in [0.1, 0.15) is 10.7 Å². The SMILES string of the molecule is CN(Cc1ccoc1)S(=O)(=O)c1cc(C(=O)O)ccc1F. The highest BCUT2D eigenvalue weighted by molar-refractivity contribution is 7.89. The molecular weight excluding hydrogens is 301 g/mol. The summed E-state index contributed by atoms with van der Waals surface area (Å²) in [6.07, 6.45) is 2.76. The lowest BCUT2D eigenvalue weighted by atomic mass is 10.2. The van der Waals surface area contributed by atoms with E-state index in [9.17, 15) is 17.6 Å². The number of hydrogen-bond donors (Lipinski definition) is 1. The van der Waals surface area contributed by atoms with Crippen molar-refractivity contribution in [3.05, 3.63) is 53.7 Å². The number of benzene rings is 1. The van der Waals surface area contributed by atoms with Crippen molar-refractivity contribution in [3.63, 3.8) is 0 Å². The van der Waals surface area contributed by atoms with Gasteiger partial charge in [-0.05, 0) is 24.3 Å². The molecule has 0 atom stereocenters. The Labute approximate surface area is 120 Å². The summed E-state index contributed by atoms with van der Waals surface area (Å²) in [4.78, 5) is 10.2. The molecule has 0 bridgehead atoms. The maximum atomic E-state index is 13.8. The molecule has 21 heavy (non-hydrogen) atoms. The molecule has 0 saturated carbocycles. The Balaban J connectivity index is 2.38. The second-order valence-corrected chi connectivity index (χ2v) is 6.36. The molecule has 1 aromatic heterocycles. The summed E-state index contributed by atoms with van der Waals surface area (Å²) in [6.45, 7) is -0.0183. The van der Waals surface area contributed by atoms with Crippen molar-refractivity contribution >= 4 is 16.0 Å². The van der Waals surface area contributed by atoms with E-state index in [-0.39, 0.29) is 12.1 Å². The van der Waals surface area contributed by atoms with Crippen molar-refractivity contribution in [1.29, 1.82) is 0 Å². The summed E-state index contributed by atoms with van der Waals surface area (Å²) >= 11 is 0. The van der Waals surface area contributed by atoms with E-state index >= 15 is 0 Å². The Morgan fingerprint density at radius 1 is 1.38 bits per heavy atom. The van der Waals surface area contributed by atoms with Gasteiger partial charge in [-0.2, -0.15) is 4.31 Å². The largest absolute Gasteiger partial charge is 0.478 e. The van der Waals surface area contributed by atoms with Gasteiger partial charge in [0.15, 0.2) is 0 Å². The van der Waals surface area contributed by atoms with Crippen LogP contribution in [-0.2, 0) is 16.6 Å². The first-order valence-electron chi connectivity index (χ1n) is 5.82. The zero-order valence-electron chi connectivity index (χ0n) is 11.0. The Morgan fingerprint density at radius 2 is 2.10 bits per heavy atom. The maximum absolute atomic E-state index is 13.8. The Kier molecular flexibility index (Phi) is 4.10. The van der Waals surface area contributed by atoms with E-state index in [1.54, 1.807) is 6.07 Å². The fourth-order valence-electron chi connectivity index (χ4n) is 1.73. The van der Waals surface area contributed by atoms with Crippen molar-refractivity contribution in [3.8, 4) is 0 Å². The van der Waals surface area contributed by atoms with E-state index in [0.29, 0.717) is 5.56 Å². The second-order valence-electron chi connectivity index (χ2n) is 4.34. The summed E-state index contributed by atoms with van der Waals surface area (Å²) < 4.78 is 44.1. The molecule has 0 saturated heterocycles. The van der Waals surface area contributed by atoms with Crippen LogP contribution in [0.15, 0.2) is 46.1 Å². The van der Waals surface area contributed by atoms with Gasteiger partial charge in [-0.15, -0.1) is 0 Å². The van der Waals surface area contributed by atoms with Crippen LogP contribution in [0.4, 0.5) is 4.39 Å². The highest BCUT2D eigenvalue weighted by Gasteiger charge is 2.26. The number of furan rings is 1. The third-order valence-corrected chi connectivity index (χ3v) is 4.67. The van der Waals surface area contributed by atoms with Crippen LogP contribution >= 0.6 is 0 Å². The highest BCUT2D eigenvalue weighted by Crippen LogP contribution is 2.21. The maximum Gasteiger partial charge on any atom is 0.335 e. The minimum atomic E-state index is -4.15. The zero-order chi connectivity index (χ0) is 15.6. The third kappa shape index (κ3) is 3.11. The quantitative estimate of drug-likeness (QED) is 0.911. The number of aromatic carboxylic acids is 1. The molecule has 0 amide bonds. The summed E-state index contributed by atoms with van der Waals surface area (Å²) in [7, 11) is -2.88. The van der Waals surface area contributed by atoms with Crippen LogP contribution in [0, 0.1) is 5.82 Å². The second kappa shape index (κ2) is 5.66. The van der Waals surface area contributed by atoms with E-state index in [1.807, 2.05) is 0 Å². The lowest BCUT2D eigenvalue weighted by molar-refractivity contribution is 0.0696. The standard InChI is InChI=1S/C13H12FNO5S/c1-15(7-9-4-5-20-8-9)21(18,19)12-6-10(13(16)17)2-3-11(12)14/h2-6,8H,7H2,1H3,(H,16,17). The van der Waals surface area contributed by atoms with Crippen LogP contribution in [-0.4, -0.2) is 30.8 Å². The molecule has 2 aromatic rings. The minimum absolute atomic E-state index is 0.0183.